The van der Waals surface area contributed by atoms with E-state index in [4.69, 9.17) is 14.2 Å². The van der Waals surface area contributed by atoms with E-state index in [0.29, 0.717) is 19.3 Å². The second-order valence-corrected chi connectivity index (χ2v) is 19.5. The van der Waals surface area contributed by atoms with Gasteiger partial charge in [-0.05, 0) is 154 Å². The van der Waals surface area contributed by atoms with Crippen molar-refractivity contribution >= 4 is 17.9 Å². The maximum absolute atomic E-state index is 12.9. The molecular formula is C73H110O6. The van der Waals surface area contributed by atoms with Gasteiger partial charge in [-0.3, -0.25) is 14.4 Å². The summed E-state index contributed by atoms with van der Waals surface area (Å²) in [7, 11) is 0. The Balaban J connectivity index is 4.63. The fourth-order valence-electron chi connectivity index (χ4n) is 7.57. The Bertz CT molecular complexity index is 1920. The van der Waals surface area contributed by atoms with Crippen LogP contribution in [0.5, 0.6) is 0 Å². The summed E-state index contributed by atoms with van der Waals surface area (Å²) in [5, 5.41) is 0. The van der Waals surface area contributed by atoms with Crippen molar-refractivity contribution in [2.24, 2.45) is 0 Å². The van der Waals surface area contributed by atoms with Gasteiger partial charge in [0.1, 0.15) is 13.2 Å². The molecule has 0 heterocycles. The van der Waals surface area contributed by atoms with Crippen LogP contribution in [0.25, 0.3) is 0 Å². The highest BCUT2D eigenvalue weighted by Gasteiger charge is 2.19. The molecule has 79 heavy (non-hydrogen) atoms. The zero-order valence-corrected chi connectivity index (χ0v) is 50.0. The number of carbonyl (C=O) groups is 3. The topological polar surface area (TPSA) is 78.9 Å². The predicted octanol–water partition coefficient (Wildman–Crippen LogP) is 21.4. The molecule has 0 aromatic heterocycles. The summed E-state index contributed by atoms with van der Waals surface area (Å²) in [5.74, 6) is -1.06. The predicted molar refractivity (Wildman–Crippen MR) is 343 cm³/mol. The Morgan fingerprint density at radius 3 is 0.785 bits per heavy atom. The van der Waals surface area contributed by atoms with Crippen LogP contribution in [0, 0.1) is 0 Å². The number of hydrogen-bond donors (Lipinski definition) is 0. The minimum Gasteiger partial charge on any atom is -0.462 e. The van der Waals surface area contributed by atoms with Crippen molar-refractivity contribution in [3.8, 4) is 0 Å². The first-order valence-corrected chi connectivity index (χ1v) is 30.9. The minimum absolute atomic E-state index is 0.130. The van der Waals surface area contributed by atoms with E-state index in [0.717, 1.165) is 154 Å². The molecule has 6 nitrogen and oxygen atoms in total. The van der Waals surface area contributed by atoms with Crippen LogP contribution < -0.4 is 0 Å². The van der Waals surface area contributed by atoms with Gasteiger partial charge in [0.25, 0.3) is 0 Å². The van der Waals surface area contributed by atoms with Crippen LogP contribution in [0.4, 0.5) is 0 Å². The highest BCUT2D eigenvalue weighted by Crippen LogP contribution is 2.12. The molecule has 1 atom stereocenters. The molecule has 0 bridgehead atoms. The molecule has 6 heteroatoms. The Morgan fingerprint density at radius 1 is 0.253 bits per heavy atom. The van der Waals surface area contributed by atoms with Gasteiger partial charge in [0.15, 0.2) is 6.10 Å². The van der Waals surface area contributed by atoms with Gasteiger partial charge in [-0.25, -0.2) is 0 Å². The standard InChI is InChI=1S/C73H110O6/c1-4-7-10-13-16-19-22-25-28-31-33-35-36-38-39-42-45-48-51-54-57-60-63-66-72(75)78-69-70(68-77-71(74)65-62-59-56-53-50-47-44-41-30-27-24-21-18-15-12-9-6-3)79-73(76)67-64-61-58-55-52-49-46-43-40-37-34-32-29-26-23-20-17-14-11-8-5-2/h7-12,16-21,25-30,33-35,37-39,43,45-46,48,52,54-55,57,70H,4-6,13-15,22-24,31-32,36,40-42,44,47,49-51,53,56,58-69H2,1-3H3/b10-7-,11-8-,12-9-,19-16-,20-17-,21-18-,28-25-,29-26-,30-27-,35-33-,37-34-,39-38-,46-43-,48-45-,55-52-,57-54-. The van der Waals surface area contributed by atoms with E-state index < -0.39 is 6.10 Å². The quantitative estimate of drug-likeness (QED) is 0.0261. The van der Waals surface area contributed by atoms with Crippen LogP contribution in [0.1, 0.15) is 226 Å². The number of hydrogen-bond acceptors (Lipinski definition) is 6. The number of esters is 3. The van der Waals surface area contributed by atoms with Crippen LogP contribution in [-0.2, 0) is 28.6 Å². The van der Waals surface area contributed by atoms with Gasteiger partial charge >= 0.3 is 17.9 Å². The number of allylic oxidation sites excluding steroid dienone is 32. The Labute approximate surface area is 484 Å². The summed E-state index contributed by atoms with van der Waals surface area (Å²) in [6.45, 7) is 6.19. The third kappa shape index (κ3) is 63.0. The van der Waals surface area contributed by atoms with Gasteiger partial charge in [-0.1, -0.05) is 247 Å². The second kappa shape index (κ2) is 64.8. The smallest absolute Gasteiger partial charge is 0.306 e. The van der Waals surface area contributed by atoms with E-state index in [2.05, 4.69) is 215 Å². The van der Waals surface area contributed by atoms with Gasteiger partial charge < -0.3 is 14.2 Å². The molecular weight excluding hydrogens is 973 g/mol. The van der Waals surface area contributed by atoms with Crippen LogP contribution >= 0.6 is 0 Å². The van der Waals surface area contributed by atoms with Crippen molar-refractivity contribution in [1.82, 2.24) is 0 Å². The first-order valence-electron chi connectivity index (χ1n) is 30.9. The zero-order chi connectivity index (χ0) is 57.1. The lowest BCUT2D eigenvalue weighted by atomic mass is 10.1. The lowest BCUT2D eigenvalue weighted by molar-refractivity contribution is -0.167. The minimum atomic E-state index is -0.843. The van der Waals surface area contributed by atoms with Gasteiger partial charge in [0.05, 0.1) is 0 Å². The maximum atomic E-state index is 12.9. The van der Waals surface area contributed by atoms with Crippen molar-refractivity contribution in [1.29, 1.82) is 0 Å². The van der Waals surface area contributed by atoms with E-state index in [-0.39, 0.29) is 44.0 Å². The number of carbonyl (C=O) groups excluding carboxylic acids is 3. The summed E-state index contributed by atoms with van der Waals surface area (Å²) in [4.78, 5) is 38.3. The molecule has 1 unspecified atom stereocenters. The third-order valence-corrected chi connectivity index (χ3v) is 12.1. The molecule has 0 spiro atoms. The Hall–Kier alpha value is -5.75. The van der Waals surface area contributed by atoms with Crippen LogP contribution in [0.2, 0.25) is 0 Å². The van der Waals surface area contributed by atoms with Crippen molar-refractivity contribution in [2.45, 2.75) is 232 Å². The normalized spacial score (nSPS) is 13.5. The summed E-state index contributed by atoms with van der Waals surface area (Å²) in [5.41, 5.74) is 0. The molecule has 438 valence electrons. The summed E-state index contributed by atoms with van der Waals surface area (Å²) in [6, 6.07) is 0. The first-order chi connectivity index (χ1) is 39.0. The molecule has 0 aliphatic heterocycles. The highest BCUT2D eigenvalue weighted by molar-refractivity contribution is 5.71. The lowest BCUT2D eigenvalue weighted by Gasteiger charge is -2.18. The van der Waals surface area contributed by atoms with Gasteiger partial charge in [0, 0.05) is 19.3 Å². The molecule has 0 N–H and O–H groups in total. The van der Waals surface area contributed by atoms with E-state index >= 15 is 0 Å². The Morgan fingerprint density at radius 2 is 0.468 bits per heavy atom. The molecule has 0 fully saturated rings. The van der Waals surface area contributed by atoms with E-state index in [9.17, 15) is 14.4 Å². The maximum Gasteiger partial charge on any atom is 0.306 e. The molecule has 0 aromatic carbocycles. The van der Waals surface area contributed by atoms with Crippen molar-refractivity contribution in [3.05, 3.63) is 194 Å². The van der Waals surface area contributed by atoms with E-state index in [1.54, 1.807) is 0 Å². The average Bonchev–Trinajstić information content (AvgIpc) is 3.45. The van der Waals surface area contributed by atoms with Crippen molar-refractivity contribution < 1.29 is 28.6 Å². The van der Waals surface area contributed by atoms with Gasteiger partial charge in [-0.2, -0.15) is 0 Å². The second-order valence-electron chi connectivity index (χ2n) is 19.5. The monoisotopic (exact) mass is 1080 g/mol. The molecule has 0 saturated heterocycles. The Kier molecular flexibility index (Phi) is 60.1. The molecule has 0 radical (unpaired) electrons. The lowest BCUT2D eigenvalue weighted by Crippen LogP contribution is -2.30. The number of unbranched alkanes of at least 4 members (excludes halogenated alkanes) is 10. The summed E-state index contributed by atoms with van der Waals surface area (Å²) < 4.78 is 16.8. The van der Waals surface area contributed by atoms with E-state index in [1.165, 1.54) is 19.3 Å². The molecule has 0 rings (SSSR count). The molecule has 0 aromatic rings. The number of ether oxygens (including phenoxy) is 3. The van der Waals surface area contributed by atoms with Crippen LogP contribution in [0.15, 0.2) is 194 Å². The summed E-state index contributed by atoms with van der Waals surface area (Å²) in [6.07, 6.45) is 98.6. The highest BCUT2D eigenvalue weighted by atomic mass is 16.6. The van der Waals surface area contributed by atoms with Gasteiger partial charge in [0.2, 0.25) is 0 Å². The average molecular weight is 1080 g/mol. The largest absolute Gasteiger partial charge is 0.462 e. The third-order valence-electron chi connectivity index (χ3n) is 12.1. The first kappa shape index (κ1) is 73.2. The van der Waals surface area contributed by atoms with E-state index in [1.807, 2.05) is 0 Å². The fraction of sp³-hybridized carbons (Fsp3) is 0.521. The molecule has 0 aliphatic carbocycles. The molecule has 0 aliphatic rings. The summed E-state index contributed by atoms with van der Waals surface area (Å²) >= 11 is 0. The van der Waals surface area contributed by atoms with Crippen molar-refractivity contribution in [2.75, 3.05) is 13.2 Å². The van der Waals surface area contributed by atoms with Crippen LogP contribution in [-0.4, -0.2) is 37.2 Å². The molecule has 0 saturated carbocycles. The fourth-order valence-corrected chi connectivity index (χ4v) is 7.57. The number of rotatable bonds is 53. The SMILES string of the molecule is CC/C=C\C/C=C\C/C=C\C/C=C\C/C=C\C/C=C\C/C=C\CCCC(=O)OCC(COC(=O)CCCCCCCCC/C=C\C/C=C\C/C=C\CC)OC(=O)CCCC/C=C\C/C=C\C/C=C\C/C=C\C/C=C\C/C=C\CC. The van der Waals surface area contributed by atoms with Crippen molar-refractivity contribution in [3.63, 3.8) is 0 Å². The van der Waals surface area contributed by atoms with Gasteiger partial charge in [-0.15, -0.1) is 0 Å². The molecule has 0 amide bonds. The zero-order valence-electron chi connectivity index (χ0n) is 50.0. The van der Waals surface area contributed by atoms with Crippen LogP contribution in [0.3, 0.4) is 0 Å².